The zero-order valence-corrected chi connectivity index (χ0v) is 17.4. The SMILES string of the molecule is CCC1CCCCN1C(=O)CSc1nc2ccccc2c(=O)n1Cc1ccco1. The van der Waals surface area contributed by atoms with Crippen LogP contribution in [0.3, 0.4) is 0 Å². The van der Waals surface area contributed by atoms with Crippen LogP contribution in [0.4, 0.5) is 0 Å². The molecule has 0 bridgehead atoms. The Bertz CT molecular complexity index is 1050. The Morgan fingerprint density at radius 2 is 2.10 bits per heavy atom. The molecule has 152 valence electrons. The average molecular weight is 412 g/mol. The number of furan rings is 1. The third kappa shape index (κ3) is 4.24. The van der Waals surface area contributed by atoms with Gasteiger partial charge in [-0.1, -0.05) is 30.8 Å². The molecule has 1 aliphatic rings. The summed E-state index contributed by atoms with van der Waals surface area (Å²) in [5.41, 5.74) is 0.527. The molecule has 29 heavy (non-hydrogen) atoms. The fourth-order valence-corrected chi connectivity index (χ4v) is 4.80. The van der Waals surface area contributed by atoms with E-state index in [0.29, 0.717) is 34.4 Å². The van der Waals surface area contributed by atoms with Crippen molar-refractivity contribution >= 4 is 28.6 Å². The molecule has 7 heteroatoms. The summed E-state index contributed by atoms with van der Waals surface area (Å²) in [6, 6.07) is 11.3. The quantitative estimate of drug-likeness (QED) is 0.454. The van der Waals surface area contributed by atoms with Crippen molar-refractivity contribution in [2.75, 3.05) is 12.3 Å². The van der Waals surface area contributed by atoms with E-state index in [2.05, 4.69) is 11.9 Å². The predicted molar refractivity (Wildman–Crippen MR) is 114 cm³/mol. The Morgan fingerprint density at radius 3 is 2.90 bits per heavy atom. The number of nitrogens with zero attached hydrogens (tertiary/aromatic N) is 3. The minimum atomic E-state index is -0.119. The minimum Gasteiger partial charge on any atom is -0.467 e. The monoisotopic (exact) mass is 411 g/mol. The zero-order valence-electron chi connectivity index (χ0n) is 16.5. The average Bonchev–Trinajstić information content (AvgIpc) is 3.27. The third-order valence-electron chi connectivity index (χ3n) is 5.46. The largest absolute Gasteiger partial charge is 0.467 e. The molecule has 1 unspecified atom stereocenters. The molecule has 1 atom stereocenters. The number of hydrogen-bond acceptors (Lipinski definition) is 5. The lowest BCUT2D eigenvalue weighted by molar-refractivity contribution is -0.132. The van der Waals surface area contributed by atoms with Crippen molar-refractivity contribution in [3.8, 4) is 0 Å². The number of amides is 1. The number of thioether (sulfide) groups is 1. The fourth-order valence-electron chi connectivity index (χ4n) is 3.92. The fraction of sp³-hybridized carbons (Fsp3) is 0.409. The lowest BCUT2D eigenvalue weighted by Gasteiger charge is -2.35. The van der Waals surface area contributed by atoms with Crippen LogP contribution in [0.2, 0.25) is 0 Å². The molecule has 6 nitrogen and oxygen atoms in total. The van der Waals surface area contributed by atoms with Crippen molar-refractivity contribution in [2.45, 2.75) is 50.4 Å². The molecule has 1 aromatic carbocycles. The molecule has 3 aromatic rings. The first-order chi connectivity index (χ1) is 14.2. The summed E-state index contributed by atoms with van der Waals surface area (Å²) in [4.78, 5) is 32.7. The normalized spacial score (nSPS) is 17.0. The molecule has 0 radical (unpaired) electrons. The number of likely N-dealkylation sites (tertiary alicyclic amines) is 1. The van der Waals surface area contributed by atoms with Gasteiger partial charge in [-0.15, -0.1) is 0 Å². The highest BCUT2D eigenvalue weighted by molar-refractivity contribution is 7.99. The van der Waals surface area contributed by atoms with Gasteiger partial charge < -0.3 is 9.32 Å². The molecule has 1 aliphatic heterocycles. The van der Waals surface area contributed by atoms with E-state index in [9.17, 15) is 9.59 Å². The highest BCUT2D eigenvalue weighted by Crippen LogP contribution is 2.23. The molecule has 1 amide bonds. The van der Waals surface area contributed by atoms with E-state index in [-0.39, 0.29) is 17.2 Å². The summed E-state index contributed by atoms with van der Waals surface area (Å²) < 4.78 is 7.04. The van der Waals surface area contributed by atoms with Crippen LogP contribution in [0.1, 0.15) is 38.4 Å². The first kappa shape index (κ1) is 19.8. The van der Waals surface area contributed by atoms with Gasteiger partial charge in [-0.3, -0.25) is 14.2 Å². The molecule has 0 spiro atoms. The van der Waals surface area contributed by atoms with Crippen molar-refractivity contribution in [3.63, 3.8) is 0 Å². The zero-order chi connectivity index (χ0) is 20.2. The predicted octanol–water partition coefficient (Wildman–Crippen LogP) is 3.92. The van der Waals surface area contributed by atoms with Gasteiger partial charge in [0.15, 0.2) is 5.16 Å². The van der Waals surface area contributed by atoms with Gasteiger partial charge in [-0.2, -0.15) is 0 Å². The highest BCUT2D eigenvalue weighted by Gasteiger charge is 2.25. The molecule has 2 aromatic heterocycles. The summed E-state index contributed by atoms with van der Waals surface area (Å²) in [6.07, 6.45) is 5.89. The van der Waals surface area contributed by atoms with Crippen molar-refractivity contribution in [1.29, 1.82) is 0 Å². The van der Waals surface area contributed by atoms with Gasteiger partial charge in [0.25, 0.3) is 5.56 Å². The van der Waals surface area contributed by atoms with E-state index in [1.807, 2.05) is 29.2 Å². The van der Waals surface area contributed by atoms with Gasteiger partial charge in [0.1, 0.15) is 5.76 Å². The number of benzene rings is 1. The van der Waals surface area contributed by atoms with Gasteiger partial charge in [-0.05, 0) is 49.9 Å². The van der Waals surface area contributed by atoms with Crippen LogP contribution in [0.25, 0.3) is 10.9 Å². The van der Waals surface area contributed by atoms with Crippen molar-refractivity contribution in [2.24, 2.45) is 0 Å². The topological polar surface area (TPSA) is 68.3 Å². The van der Waals surface area contributed by atoms with E-state index in [1.54, 1.807) is 23.0 Å². The van der Waals surface area contributed by atoms with Crippen LogP contribution < -0.4 is 5.56 Å². The maximum absolute atomic E-state index is 13.1. The van der Waals surface area contributed by atoms with E-state index in [1.165, 1.54) is 18.2 Å². The van der Waals surface area contributed by atoms with Crippen LogP contribution in [0.5, 0.6) is 0 Å². The van der Waals surface area contributed by atoms with E-state index in [4.69, 9.17) is 4.42 Å². The Labute approximate surface area is 173 Å². The molecule has 1 saturated heterocycles. The van der Waals surface area contributed by atoms with Crippen LogP contribution in [0, 0.1) is 0 Å². The Kier molecular flexibility index (Phi) is 6.04. The van der Waals surface area contributed by atoms with Gasteiger partial charge >= 0.3 is 0 Å². The summed E-state index contributed by atoms with van der Waals surface area (Å²) in [5, 5.41) is 1.11. The van der Waals surface area contributed by atoms with Crippen LogP contribution in [0.15, 0.2) is 57.0 Å². The van der Waals surface area contributed by atoms with Crippen molar-refractivity contribution in [3.05, 3.63) is 58.8 Å². The Hall–Kier alpha value is -2.54. The van der Waals surface area contributed by atoms with Crippen molar-refractivity contribution in [1.82, 2.24) is 14.5 Å². The van der Waals surface area contributed by atoms with Crippen LogP contribution in [-0.4, -0.2) is 38.7 Å². The number of carbonyl (C=O) groups excluding carboxylic acids is 1. The molecule has 3 heterocycles. The van der Waals surface area contributed by atoms with Crippen LogP contribution in [-0.2, 0) is 11.3 Å². The number of rotatable bonds is 6. The van der Waals surface area contributed by atoms with E-state index >= 15 is 0 Å². The summed E-state index contributed by atoms with van der Waals surface area (Å²) in [6.45, 7) is 3.25. The first-order valence-electron chi connectivity index (χ1n) is 10.1. The number of piperidine rings is 1. The number of fused-ring (bicyclic) bond motifs is 1. The number of aromatic nitrogens is 2. The maximum Gasteiger partial charge on any atom is 0.262 e. The maximum atomic E-state index is 13.1. The minimum absolute atomic E-state index is 0.119. The van der Waals surface area contributed by atoms with Gasteiger partial charge in [-0.25, -0.2) is 4.98 Å². The van der Waals surface area contributed by atoms with Gasteiger partial charge in [0.2, 0.25) is 5.91 Å². The van der Waals surface area contributed by atoms with Crippen LogP contribution >= 0.6 is 11.8 Å². The molecular formula is C22H25N3O3S. The summed E-state index contributed by atoms with van der Waals surface area (Å²) >= 11 is 1.33. The van der Waals surface area contributed by atoms with E-state index in [0.717, 1.165) is 25.8 Å². The third-order valence-corrected chi connectivity index (χ3v) is 6.43. The smallest absolute Gasteiger partial charge is 0.262 e. The second kappa shape index (κ2) is 8.86. The van der Waals surface area contributed by atoms with Gasteiger partial charge in [0, 0.05) is 12.6 Å². The summed E-state index contributed by atoms with van der Waals surface area (Å²) in [5.74, 6) is 1.08. The number of hydrogen-bond donors (Lipinski definition) is 0. The molecule has 0 aliphatic carbocycles. The molecule has 0 saturated carbocycles. The number of para-hydroxylation sites is 1. The lowest BCUT2D eigenvalue weighted by atomic mass is 10.0. The number of carbonyl (C=O) groups is 1. The van der Waals surface area contributed by atoms with E-state index < -0.39 is 0 Å². The standard InChI is InChI=1S/C22H25N3O3S/c1-2-16-8-5-6-12-24(16)20(26)15-29-22-23-19-11-4-3-10-18(19)21(27)25(22)14-17-9-7-13-28-17/h3-4,7,9-11,13,16H,2,5-6,8,12,14-15H2,1H3. The lowest BCUT2D eigenvalue weighted by Crippen LogP contribution is -2.44. The molecular weight excluding hydrogens is 386 g/mol. The Balaban J connectivity index is 1.61. The Morgan fingerprint density at radius 1 is 1.24 bits per heavy atom. The first-order valence-corrected chi connectivity index (χ1v) is 11.1. The molecule has 1 fully saturated rings. The molecule has 0 N–H and O–H groups in total. The van der Waals surface area contributed by atoms with Gasteiger partial charge in [0.05, 0.1) is 29.5 Å². The van der Waals surface area contributed by atoms with Crippen molar-refractivity contribution < 1.29 is 9.21 Å². The second-order valence-corrected chi connectivity index (χ2v) is 8.26. The second-order valence-electron chi connectivity index (χ2n) is 7.32. The molecule has 4 rings (SSSR count). The summed E-state index contributed by atoms with van der Waals surface area (Å²) in [7, 11) is 0. The highest BCUT2D eigenvalue weighted by atomic mass is 32.2.